The minimum Gasteiger partial charge on any atom is -0.493 e. The molecule has 2 aromatic carbocycles. The van der Waals surface area contributed by atoms with Gasteiger partial charge in [-0.25, -0.2) is 0 Å². The van der Waals surface area contributed by atoms with Crippen LogP contribution in [0.3, 0.4) is 0 Å². The molecule has 2 aliphatic rings. The number of rotatable bonds is 5. The predicted molar refractivity (Wildman–Crippen MR) is 105 cm³/mol. The molecule has 2 atom stereocenters. The number of methoxy groups -OCH3 is 4. The Morgan fingerprint density at radius 1 is 0.931 bits per heavy atom. The van der Waals surface area contributed by atoms with Crippen LogP contribution in [0.15, 0.2) is 30.3 Å². The number of fused-ring (bicyclic) bond motifs is 2. The number of carbonyl (C=O) groups is 1. The van der Waals surface area contributed by atoms with Crippen LogP contribution in [0.2, 0.25) is 0 Å². The van der Waals surface area contributed by atoms with Crippen LogP contribution in [0.25, 0.3) is 6.08 Å². The molecule has 7 heteroatoms. The molecule has 0 spiro atoms. The standard InChI is InChI=1S/C22H22O7/c1-24-18-8-13(9-19(25-2)21(18)26-3)20-14(22(23)27-4)6-5-12-7-16-17(10-15(12)20)29-11-28-16/h5-10,14,20H,11H2,1-4H3/t14-,20+/m1/s1. The Hall–Kier alpha value is -3.35. The lowest BCUT2D eigenvalue weighted by Gasteiger charge is -2.29. The predicted octanol–water partition coefficient (Wildman–Crippen LogP) is 3.39. The molecule has 29 heavy (non-hydrogen) atoms. The molecule has 1 aliphatic heterocycles. The molecule has 0 unspecified atom stereocenters. The van der Waals surface area contributed by atoms with E-state index in [1.807, 2.05) is 36.4 Å². The van der Waals surface area contributed by atoms with E-state index in [1.165, 1.54) is 7.11 Å². The molecule has 7 nitrogen and oxygen atoms in total. The van der Waals surface area contributed by atoms with Gasteiger partial charge in [0.15, 0.2) is 23.0 Å². The average Bonchev–Trinajstić information content (AvgIpc) is 3.22. The molecule has 0 fully saturated rings. The number of carbonyl (C=O) groups excluding carboxylic acids is 1. The lowest BCUT2D eigenvalue weighted by Crippen LogP contribution is -2.25. The van der Waals surface area contributed by atoms with Crippen LogP contribution in [0.1, 0.15) is 22.6 Å². The molecule has 0 amide bonds. The van der Waals surface area contributed by atoms with Crippen molar-refractivity contribution in [2.75, 3.05) is 35.2 Å². The van der Waals surface area contributed by atoms with Gasteiger partial charge in [-0.15, -0.1) is 0 Å². The Labute approximate surface area is 168 Å². The molecule has 0 saturated heterocycles. The highest BCUT2D eigenvalue weighted by molar-refractivity contribution is 5.81. The lowest BCUT2D eigenvalue weighted by molar-refractivity contribution is -0.144. The summed E-state index contributed by atoms with van der Waals surface area (Å²) < 4.78 is 32.6. The van der Waals surface area contributed by atoms with Crippen LogP contribution in [0.5, 0.6) is 28.7 Å². The van der Waals surface area contributed by atoms with Crippen molar-refractivity contribution in [2.45, 2.75) is 5.92 Å². The molecule has 1 aliphatic carbocycles. The van der Waals surface area contributed by atoms with Crippen molar-refractivity contribution in [3.05, 3.63) is 47.0 Å². The summed E-state index contributed by atoms with van der Waals surface area (Å²) in [6, 6.07) is 7.56. The first-order chi connectivity index (χ1) is 14.1. The molecule has 0 saturated carbocycles. The topological polar surface area (TPSA) is 72.5 Å². The first-order valence-electron chi connectivity index (χ1n) is 9.10. The van der Waals surface area contributed by atoms with Crippen molar-refractivity contribution >= 4 is 12.0 Å². The molecule has 0 radical (unpaired) electrons. The first kappa shape index (κ1) is 19.0. The van der Waals surface area contributed by atoms with Crippen molar-refractivity contribution in [3.63, 3.8) is 0 Å². The second-order valence-electron chi connectivity index (χ2n) is 6.68. The fourth-order valence-electron chi connectivity index (χ4n) is 3.92. The third-order valence-corrected chi connectivity index (χ3v) is 5.28. The summed E-state index contributed by atoms with van der Waals surface area (Å²) in [5, 5.41) is 0. The maximum absolute atomic E-state index is 12.6. The zero-order valence-corrected chi connectivity index (χ0v) is 16.7. The molecule has 0 N–H and O–H groups in total. The third kappa shape index (κ3) is 3.12. The highest BCUT2D eigenvalue weighted by Gasteiger charge is 2.36. The molecular formula is C22H22O7. The van der Waals surface area contributed by atoms with Gasteiger partial charge in [0.2, 0.25) is 12.5 Å². The largest absolute Gasteiger partial charge is 0.493 e. The van der Waals surface area contributed by atoms with E-state index in [2.05, 4.69) is 0 Å². The van der Waals surface area contributed by atoms with E-state index < -0.39 is 5.92 Å². The second-order valence-corrected chi connectivity index (χ2v) is 6.68. The maximum atomic E-state index is 12.6. The molecular weight excluding hydrogens is 376 g/mol. The van der Waals surface area contributed by atoms with Crippen LogP contribution in [0, 0.1) is 5.92 Å². The van der Waals surface area contributed by atoms with Crippen LogP contribution < -0.4 is 23.7 Å². The summed E-state index contributed by atoms with van der Waals surface area (Å²) in [6.07, 6.45) is 3.76. The Kier molecular flexibility index (Phi) is 4.96. The van der Waals surface area contributed by atoms with Crippen LogP contribution in [-0.4, -0.2) is 41.2 Å². The monoisotopic (exact) mass is 398 g/mol. The van der Waals surface area contributed by atoms with Gasteiger partial charge in [0.05, 0.1) is 34.4 Å². The summed E-state index contributed by atoms with van der Waals surface area (Å²) in [5.41, 5.74) is 2.72. The van der Waals surface area contributed by atoms with Gasteiger partial charge in [0.25, 0.3) is 0 Å². The number of esters is 1. The molecule has 152 valence electrons. The summed E-state index contributed by atoms with van der Waals surface area (Å²) in [5.74, 6) is 1.69. The Balaban J connectivity index is 1.92. The molecule has 0 bridgehead atoms. The molecule has 2 aromatic rings. The minimum atomic E-state index is -0.518. The van der Waals surface area contributed by atoms with Gasteiger partial charge >= 0.3 is 5.97 Å². The van der Waals surface area contributed by atoms with Gasteiger partial charge < -0.3 is 28.4 Å². The SMILES string of the molecule is COC(=O)[C@@H]1C=Cc2cc3c(cc2[C@H]1c1cc(OC)c(OC)c(OC)c1)OCO3. The number of benzene rings is 2. The van der Waals surface area contributed by atoms with Gasteiger partial charge in [0.1, 0.15) is 0 Å². The molecule has 0 aromatic heterocycles. The summed E-state index contributed by atoms with van der Waals surface area (Å²) in [4.78, 5) is 12.6. The first-order valence-corrected chi connectivity index (χ1v) is 9.10. The van der Waals surface area contributed by atoms with Crippen LogP contribution in [-0.2, 0) is 9.53 Å². The Morgan fingerprint density at radius 3 is 2.17 bits per heavy atom. The zero-order valence-electron chi connectivity index (χ0n) is 16.7. The smallest absolute Gasteiger partial charge is 0.313 e. The van der Waals surface area contributed by atoms with Crippen molar-refractivity contribution in [1.29, 1.82) is 0 Å². The van der Waals surface area contributed by atoms with Crippen molar-refractivity contribution < 1.29 is 33.2 Å². The summed E-state index contributed by atoms with van der Waals surface area (Å²) >= 11 is 0. The lowest BCUT2D eigenvalue weighted by atomic mass is 9.75. The van der Waals surface area contributed by atoms with Gasteiger partial charge in [-0.2, -0.15) is 0 Å². The number of hydrogen-bond acceptors (Lipinski definition) is 7. The zero-order chi connectivity index (χ0) is 20.5. The van der Waals surface area contributed by atoms with Gasteiger partial charge in [-0.3, -0.25) is 4.79 Å². The van der Waals surface area contributed by atoms with Gasteiger partial charge in [-0.05, 0) is 41.0 Å². The van der Waals surface area contributed by atoms with Gasteiger partial charge in [-0.1, -0.05) is 12.2 Å². The van der Waals surface area contributed by atoms with Crippen molar-refractivity contribution in [3.8, 4) is 28.7 Å². The maximum Gasteiger partial charge on any atom is 0.313 e. The van der Waals surface area contributed by atoms with Crippen LogP contribution >= 0.6 is 0 Å². The highest BCUT2D eigenvalue weighted by atomic mass is 16.7. The third-order valence-electron chi connectivity index (χ3n) is 5.28. The Bertz CT molecular complexity index is 954. The fourth-order valence-corrected chi connectivity index (χ4v) is 3.92. The summed E-state index contributed by atoms with van der Waals surface area (Å²) in [6.45, 7) is 0.178. The van der Waals surface area contributed by atoms with E-state index in [4.69, 9.17) is 28.4 Å². The van der Waals surface area contributed by atoms with E-state index in [0.717, 1.165) is 16.7 Å². The normalized spacial score (nSPS) is 18.8. The fraction of sp³-hybridized carbons (Fsp3) is 0.318. The minimum absolute atomic E-state index is 0.178. The quantitative estimate of drug-likeness (QED) is 0.715. The second kappa shape index (κ2) is 7.58. The highest BCUT2D eigenvalue weighted by Crippen LogP contribution is 2.48. The summed E-state index contributed by atoms with van der Waals surface area (Å²) in [7, 11) is 6.06. The Morgan fingerprint density at radius 2 is 1.59 bits per heavy atom. The average molecular weight is 398 g/mol. The number of ether oxygens (including phenoxy) is 6. The molecule has 1 heterocycles. The van der Waals surface area contributed by atoms with E-state index in [9.17, 15) is 4.79 Å². The van der Waals surface area contributed by atoms with Crippen molar-refractivity contribution in [2.24, 2.45) is 5.92 Å². The van der Waals surface area contributed by atoms with Crippen molar-refractivity contribution in [1.82, 2.24) is 0 Å². The molecule has 4 rings (SSSR count). The van der Waals surface area contributed by atoms with E-state index in [-0.39, 0.29) is 18.7 Å². The van der Waals surface area contributed by atoms with E-state index >= 15 is 0 Å². The van der Waals surface area contributed by atoms with E-state index in [0.29, 0.717) is 28.7 Å². The van der Waals surface area contributed by atoms with Gasteiger partial charge in [0, 0.05) is 5.92 Å². The van der Waals surface area contributed by atoms with Crippen LogP contribution in [0.4, 0.5) is 0 Å². The van der Waals surface area contributed by atoms with E-state index in [1.54, 1.807) is 21.3 Å². The number of hydrogen-bond donors (Lipinski definition) is 0.